The van der Waals surface area contributed by atoms with Crippen LogP contribution < -0.4 is 14.8 Å². The second kappa shape index (κ2) is 9.74. The number of benzene rings is 2. The number of anilines is 1. The molecule has 0 spiro atoms. The van der Waals surface area contributed by atoms with Crippen molar-refractivity contribution in [3.05, 3.63) is 60.2 Å². The van der Waals surface area contributed by atoms with Crippen LogP contribution in [-0.4, -0.2) is 40.6 Å². The Hall–Kier alpha value is -3.33. The van der Waals surface area contributed by atoms with Gasteiger partial charge in [0.1, 0.15) is 5.75 Å². The summed E-state index contributed by atoms with van der Waals surface area (Å²) in [5.41, 5.74) is 0.915. The lowest BCUT2D eigenvalue weighted by Crippen LogP contribution is -2.32. The number of hydrogen-bond acceptors (Lipinski definition) is 6. The minimum absolute atomic E-state index is 0.0522. The molecule has 0 aliphatic carbocycles. The van der Waals surface area contributed by atoms with E-state index in [-0.39, 0.29) is 4.90 Å². The van der Waals surface area contributed by atoms with Gasteiger partial charge in [0.2, 0.25) is 0 Å². The van der Waals surface area contributed by atoms with Gasteiger partial charge < -0.3 is 14.8 Å². The van der Waals surface area contributed by atoms with Crippen LogP contribution >= 0.6 is 0 Å². The maximum Gasteiger partial charge on any atom is 0.331 e. The monoisotopic (exact) mass is 418 g/mol. The van der Waals surface area contributed by atoms with Gasteiger partial charge in [-0.2, -0.15) is 0 Å². The SMILES string of the molecule is CNC(=O)[C@@H](C)OC(=O)/C=C/c1ccc(S(=O)(=O)Nc2ccccc2OC)cc1. The molecule has 0 bridgehead atoms. The van der Waals surface area contributed by atoms with E-state index < -0.39 is 28.0 Å². The molecule has 0 radical (unpaired) electrons. The van der Waals surface area contributed by atoms with Gasteiger partial charge in [0, 0.05) is 13.1 Å². The van der Waals surface area contributed by atoms with Gasteiger partial charge in [-0.15, -0.1) is 0 Å². The largest absolute Gasteiger partial charge is 0.495 e. The summed E-state index contributed by atoms with van der Waals surface area (Å²) >= 11 is 0. The molecule has 2 aromatic rings. The molecule has 1 atom stereocenters. The van der Waals surface area contributed by atoms with Gasteiger partial charge in [0.25, 0.3) is 15.9 Å². The summed E-state index contributed by atoms with van der Waals surface area (Å²) in [6.45, 7) is 1.46. The van der Waals surface area contributed by atoms with Gasteiger partial charge in [-0.25, -0.2) is 13.2 Å². The van der Waals surface area contributed by atoms with Crippen molar-refractivity contribution in [3.63, 3.8) is 0 Å². The van der Waals surface area contributed by atoms with E-state index >= 15 is 0 Å². The molecule has 8 nitrogen and oxygen atoms in total. The Morgan fingerprint density at radius 3 is 2.34 bits per heavy atom. The molecule has 154 valence electrons. The third kappa shape index (κ3) is 6.08. The van der Waals surface area contributed by atoms with E-state index in [9.17, 15) is 18.0 Å². The summed E-state index contributed by atoms with van der Waals surface area (Å²) in [5.74, 6) is -0.695. The number of nitrogens with one attached hydrogen (secondary N) is 2. The number of ether oxygens (including phenoxy) is 2. The van der Waals surface area contributed by atoms with E-state index in [4.69, 9.17) is 9.47 Å². The highest BCUT2D eigenvalue weighted by molar-refractivity contribution is 7.92. The van der Waals surface area contributed by atoms with Gasteiger partial charge >= 0.3 is 5.97 Å². The highest BCUT2D eigenvalue weighted by atomic mass is 32.2. The molecule has 0 aliphatic rings. The number of likely N-dealkylation sites (N-methyl/N-ethyl adjacent to an activating group) is 1. The molecule has 2 N–H and O–H groups in total. The van der Waals surface area contributed by atoms with Gasteiger partial charge in [-0.1, -0.05) is 24.3 Å². The highest BCUT2D eigenvalue weighted by Crippen LogP contribution is 2.26. The maximum atomic E-state index is 12.6. The van der Waals surface area contributed by atoms with Crippen molar-refractivity contribution >= 4 is 33.7 Å². The second-order valence-electron chi connectivity index (χ2n) is 5.90. The highest BCUT2D eigenvalue weighted by Gasteiger charge is 2.16. The van der Waals surface area contributed by atoms with Gasteiger partial charge in [0.15, 0.2) is 6.10 Å². The van der Waals surface area contributed by atoms with Crippen molar-refractivity contribution in [2.75, 3.05) is 18.9 Å². The molecule has 2 aromatic carbocycles. The predicted molar refractivity (Wildman–Crippen MR) is 109 cm³/mol. The van der Waals surface area contributed by atoms with E-state index in [0.29, 0.717) is 17.0 Å². The number of carbonyl (C=O) groups is 2. The quantitative estimate of drug-likeness (QED) is 0.502. The molecule has 0 heterocycles. The van der Waals surface area contributed by atoms with E-state index in [1.165, 1.54) is 39.3 Å². The standard InChI is InChI=1S/C20H22N2O6S/c1-14(20(24)21-2)28-19(23)13-10-15-8-11-16(12-9-15)29(25,26)22-17-6-4-5-7-18(17)27-3/h4-14,22H,1-3H3,(H,21,24)/b13-10+/t14-/m1/s1. The van der Waals surface area contributed by atoms with Crippen molar-refractivity contribution in [1.29, 1.82) is 0 Å². The van der Waals surface area contributed by atoms with Crippen molar-refractivity contribution < 1.29 is 27.5 Å². The number of sulfonamides is 1. The van der Waals surface area contributed by atoms with Crippen LogP contribution in [0.25, 0.3) is 6.08 Å². The van der Waals surface area contributed by atoms with E-state index in [0.717, 1.165) is 6.08 Å². The summed E-state index contributed by atoms with van der Waals surface area (Å²) < 4.78 is 37.7. The first-order valence-corrected chi connectivity index (χ1v) is 10.1. The van der Waals surface area contributed by atoms with Crippen molar-refractivity contribution in [2.24, 2.45) is 0 Å². The van der Waals surface area contributed by atoms with E-state index in [2.05, 4.69) is 10.0 Å². The number of methoxy groups -OCH3 is 1. The van der Waals surface area contributed by atoms with Crippen LogP contribution in [-0.2, 0) is 24.3 Å². The van der Waals surface area contributed by atoms with Crippen LogP contribution in [0.4, 0.5) is 5.69 Å². The molecule has 0 fully saturated rings. The Balaban J connectivity index is 2.07. The molecular formula is C20H22N2O6S. The first-order chi connectivity index (χ1) is 13.8. The van der Waals surface area contributed by atoms with Crippen LogP contribution in [0.3, 0.4) is 0 Å². The first-order valence-electron chi connectivity index (χ1n) is 8.63. The minimum atomic E-state index is -3.81. The summed E-state index contributed by atoms with van der Waals surface area (Å²) in [4.78, 5) is 23.1. The Morgan fingerprint density at radius 2 is 1.72 bits per heavy atom. The third-order valence-electron chi connectivity index (χ3n) is 3.86. The zero-order valence-corrected chi connectivity index (χ0v) is 17.0. The lowest BCUT2D eigenvalue weighted by molar-refractivity contribution is -0.149. The molecule has 0 saturated heterocycles. The zero-order valence-electron chi connectivity index (χ0n) is 16.2. The predicted octanol–water partition coefficient (Wildman–Crippen LogP) is 2.19. The first kappa shape index (κ1) is 22.0. The van der Waals surface area contributed by atoms with Gasteiger partial charge in [0.05, 0.1) is 17.7 Å². The van der Waals surface area contributed by atoms with Crippen molar-refractivity contribution in [3.8, 4) is 5.75 Å². The lowest BCUT2D eigenvalue weighted by atomic mass is 10.2. The molecule has 29 heavy (non-hydrogen) atoms. The van der Waals surface area contributed by atoms with Gasteiger partial charge in [-0.3, -0.25) is 9.52 Å². The summed E-state index contributed by atoms with van der Waals surface area (Å²) in [5, 5.41) is 2.38. The third-order valence-corrected chi connectivity index (χ3v) is 5.24. The average Bonchev–Trinajstić information content (AvgIpc) is 2.72. The van der Waals surface area contributed by atoms with Crippen LogP contribution in [0.1, 0.15) is 12.5 Å². The molecule has 0 aliphatic heterocycles. The molecule has 1 amide bonds. The number of rotatable bonds is 8. The van der Waals surface area contributed by atoms with E-state index in [1.54, 1.807) is 36.4 Å². The molecule has 2 rings (SSSR count). The Bertz CT molecular complexity index is 1000. The summed E-state index contributed by atoms with van der Waals surface area (Å²) in [7, 11) is -0.914. The Labute approximate surface area is 169 Å². The van der Waals surface area contributed by atoms with Crippen LogP contribution in [0.15, 0.2) is 59.5 Å². The molecule has 0 saturated carbocycles. The minimum Gasteiger partial charge on any atom is -0.495 e. The zero-order chi connectivity index (χ0) is 21.4. The van der Waals surface area contributed by atoms with Crippen molar-refractivity contribution in [1.82, 2.24) is 5.32 Å². The fourth-order valence-electron chi connectivity index (χ4n) is 2.33. The number of amides is 1. The topological polar surface area (TPSA) is 111 Å². The average molecular weight is 418 g/mol. The van der Waals surface area contributed by atoms with Gasteiger partial charge in [-0.05, 0) is 42.8 Å². The number of carbonyl (C=O) groups excluding carboxylic acids is 2. The van der Waals surface area contributed by atoms with Crippen LogP contribution in [0.2, 0.25) is 0 Å². The Morgan fingerprint density at radius 1 is 1.07 bits per heavy atom. The van der Waals surface area contributed by atoms with Crippen LogP contribution in [0, 0.1) is 0 Å². The molecule has 9 heteroatoms. The van der Waals surface area contributed by atoms with Crippen LogP contribution in [0.5, 0.6) is 5.75 Å². The molecule has 0 unspecified atom stereocenters. The summed E-state index contributed by atoms with van der Waals surface area (Å²) in [6.07, 6.45) is 1.71. The molecular weight excluding hydrogens is 396 g/mol. The fraction of sp³-hybridized carbons (Fsp3) is 0.200. The number of para-hydroxylation sites is 2. The number of hydrogen-bond donors (Lipinski definition) is 2. The van der Waals surface area contributed by atoms with E-state index in [1.807, 2.05) is 0 Å². The second-order valence-corrected chi connectivity index (χ2v) is 7.58. The Kier molecular flexibility index (Phi) is 7.38. The molecule has 0 aromatic heterocycles. The van der Waals surface area contributed by atoms with Crippen molar-refractivity contribution in [2.45, 2.75) is 17.9 Å². The normalized spacial score (nSPS) is 12.2. The lowest BCUT2D eigenvalue weighted by Gasteiger charge is -2.11. The smallest absolute Gasteiger partial charge is 0.331 e. The fourth-order valence-corrected chi connectivity index (χ4v) is 3.40. The number of esters is 1. The summed E-state index contributed by atoms with van der Waals surface area (Å²) in [6, 6.07) is 12.6. The maximum absolute atomic E-state index is 12.6.